The van der Waals surface area contributed by atoms with Crippen LogP contribution in [0.5, 0.6) is 0 Å². The molecule has 70 valence electrons. The first kappa shape index (κ1) is 11.5. The predicted molar refractivity (Wildman–Crippen MR) is 57.3 cm³/mol. The summed E-state index contributed by atoms with van der Waals surface area (Å²) < 4.78 is 0. The molecule has 0 heterocycles. The van der Waals surface area contributed by atoms with Gasteiger partial charge in [-0.25, -0.2) is 0 Å². The van der Waals surface area contributed by atoms with Gasteiger partial charge in [-0.1, -0.05) is 44.4 Å². The molecule has 0 aliphatic rings. The molecule has 0 aromatic carbocycles. The number of hydrogen-bond acceptors (Lipinski definition) is 0. The van der Waals surface area contributed by atoms with Crippen LogP contribution < -0.4 is 0 Å². The highest BCUT2D eigenvalue weighted by Gasteiger charge is 1.92. The van der Waals surface area contributed by atoms with E-state index in [2.05, 4.69) is 26.5 Å². The standard InChI is InChI=1S/C12H22/c1-4-7-9-11-12(6-3)10-8-5-2/h5,10H,2,4,6-9,11H2,1,3H3/b12-10+. The summed E-state index contributed by atoms with van der Waals surface area (Å²) in [5.41, 5.74) is 1.60. The van der Waals surface area contributed by atoms with Gasteiger partial charge in [-0.15, -0.1) is 6.58 Å². The molecule has 0 aromatic heterocycles. The van der Waals surface area contributed by atoms with Crippen molar-refractivity contribution in [1.29, 1.82) is 0 Å². The minimum absolute atomic E-state index is 1.04. The largest absolute Gasteiger partial charge is 0.103 e. The molecule has 0 heteroatoms. The van der Waals surface area contributed by atoms with E-state index in [1.54, 1.807) is 5.57 Å². The fourth-order valence-electron chi connectivity index (χ4n) is 1.28. The zero-order valence-electron chi connectivity index (χ0n) is 8.60. The average Bonchev–Trinajstić information content (AvgIpc) is 2.11. The summed E-state index contributed by atoms with van der Waals surface area (Å²) in [6.07, 6.45) is 11.9. The van der Waals surface area contributed by atoms with Crippen molar-refractivity contribution in [3.63, 3.8) is 0 Å². The Morgan fingerprint density at radius 1 is 1.25 bits per heavy atom. The van der Waals surface area contributed by atoms with Crippen molar-refractivity contribution in [2.24, 2.45) is 0 Å². The Morgan fingerprint density at radius 2 is 2.00 bits per heavy atom. The molecular weight excluding hydrogens is 144 g/mol. The summed E-state index contributed by atoms with van der Waals surface area (Å²) in [5, 5.41) is 0. The lowest BCUT2D eigenvalue weighted by atomic mass is 10.0. The molecule has 0 aromatic rings. The molecule has 0 fully saturated rings. The summed E-state index contributed by atoms with van der Waals surface area (Å²) in [4.78, 5) is 0. The Bertz CT molecular complexity index is 131. The average molecular weight is 166 g/mol. The number of rotatable bonds is 7. The van der Waals surface area contributed by atoms with Crippen LogP contribution >= 0.6 is 0 Å². The molecular formula is C12H22. The van der Waals surface area contributed by atoms with Gasteiger partial charge in [0.05, 0.1) is 0 Å². The second-order valence-corrected chi connectivity index (χ2v) is 3.20. The van der Waals surface area contributed by atoms with Gasteiger partial charge in [-0.2, -0.15) is 0 Å². The van der Waals surface area contributed by atoms with E-state index in [1.807, 2.05) is 6.08 Å². The molecule has 0 rings (SSSR count). The van der Waals surface area contributed by atoms with Gasteiger partial charge in [-0.3, -0.25) is 0 Å². The summed E-state index contributed by atoms with van der Waals surface area (Å²) in [5.74, 6) is 0. The van der Waals surface area contributed by atoms with Crippen LogP contribution in [0.15, 0.2) is 24.3 Å². The normalized spacial score (nSPS) is 11.7. The van der Waals surface area contributed by atoms with Crippen molar-refractivity contribution in [2.45, 2.75) is 52.4 Å². The van der Waals surface area contributed by atoms with Gasteiger partial charge in [0.2, 0.25) is 0 Å². The molecule has 0 nitrogen and oxygen atoms in total. The Morgan fingerprint density at radius 3 is 2.50 bits per heavy atom. The third-order valence-electron chi connectivity index (χ3n) is 2.13. The van der Waals surface area contributed by atoms with Crippen molar-refractivity contribution in [3.05, 3.63) is 24.3 Å². The van der Waals surface area contributed by atoms with E-state index in [1.165, 1.54) is 32.1 Å². The fraction of sp³-hybridized carbons (Fsp3) is 0.667. The van der Waals surface area contributed by atoms with Crippen molar-refractivity contribution in [2.75, 3.05) is 0 Å². The SMILES string of the molecule is C=CC/C=C(\CC)CCCCC. The molecule has 0 bridgehead atoms. The molecule has 0 amide bonds. The Kier molecular flexibility index (Phi) is 8.20. The van der Waals surface area contributed by atoms with E-state index in [4.69, 9.17) is 0 Å². The van der Waals surface area contributed by atoms with Gasteiger partial charge in [0.15, 0.2) is 0 Å². The third kappa shape index (κ3) is 6.21. The van der Waals surface area contributed by atoms with Crippen LogP contribution in [0.3, 0.4) is 0 Å². The monoisotopic (exact) mass is 166 g/mol. The van der Waals surface area contributed by atoms with Crippen LogP contribution in [0.4, 0.5) is 0 Å². The number of unbranched alkanes of at least 4 members (excludes halogenated alkanes) is 2. The predicted octanol–water partition coefficient (Wildman–Crippen LogP) is 4.48. The zero-order chi connectivity index (χ0) is 9.23. The second kappa shape index (κ2) is 8.58. The second-order valence-electron chi connectivity index (χ2n) is 3.20. The van der Waals surface area contributed by atoms with E-state index in [9.17, 15) is 0 Å². The topological polar surface area (TPSA) is 0 Å². The van der Waals surface area contributed by atoms with E-state index in [0.29, 0.717) is 0 Å². The van der Waals surface area contributed by atoms with Crippen molar-refractivity contribution in [3.8, 4) is 0 Å². The summed E-state index contributed by atoms with van der Waals surface area (Å²) in [6, 6.07) is 0. The summed E-state index contributed by atoms with van der Waals surface area (Å²) in [6.45, 7) is 8.20. The molecule has 0 aliphatic heterocycles. The number of hydrogen-bond donors (Lipinski definition) is 0. The van der Waals surface area contributed by atoms with Crippen LogP contribution in [0.2, 0.25) is 0 Å². The molecule has 0 aliphatic carbocycles. The van der Waals surface area contributed by atoms with Crippen LogP contribution in [0.1, 0.15) is 52.4 Å². The first-order valence-corrected chi connectivity index (χ1v) is 5.13. The van der Waals surface area contributed by atoms with Gasteiger partial charge in [0.25, 0.3) is 0 Å². The molecule has 0 spiro atoms. The molecule has 0 saturated carbocycles. The minimum atomic E-state index is 1.04. The van der Waals surface area contributed by atoms with Gasteiger partial charge in [0.1, 0.15) is 0 Å². The third-order valence-corrected chi connectivity index (χ3v) is 2.13. The van der Waals surface area contributed by atoms with Gasteiger partial charge < -0.3 is 0 Å². The molecule has 0 radical (unpaired) electrons. The minimum Gasteiger partial charge on any atom is -0.103 e. The Labute approximate surface area is 77.4 Å². The van der Waals surface area contributed by atoms with Crippen molar-refractivity contribution < 1.29 is 0 Å². The van der Waals surface area contributed by atoms with Crippen molar-refractivity contribution >= 4 is 0 Å². The van der Waals surface area contributed by atoms with Gasteiger partial charge in [-0.05, 0) is 25.7 Å². The Hall–Kier alpha value is -0.520. The van der Waals surface area contributed by atoms with Crippen molar-refractivity contribution in [1.82, 2.24) is 0 Å². The maximum absolute atomic E-state index is 3.72. The first-order chi connectivity index (χ1) is 5.85. The lowest BCUT2D eigenvalue weighted by molar-refractivity contribution is 0.700. The molecule has 0 atom stereocenters. The molecule has 0 unspecified atom stereocenters. The van der Waals surface area contributed by atoms with E-state index >= 15 is 0 Å². The highest BCUT2D eigenvalue weighted by molar-refractivity contribution is 5.03. The Balaban J connectivity index is 3.58. The highest BCUT2D eigenvalue weighted by atomic mass is 14.0. The van der Waals surface area contributed by atoms with Gasteiger partial charge in [0, 0.05) is 0 Å². The van der Waals surface area contributed by atoms with E-state index in [0.717, 1.165) is 6.42 Å². The maximum Gasteiger partial charge on any atom is -0.0169 e. The van der Waals surface area contributed by atoms with Gasteiger partial charge >= 0.3 is 0 Å². The van der Waals surface area contributed by atoms with Crippen LogP contribution in [-0.4, -0.2) is 0 Å². The molecule has 0 saturated heterocycles. The number of allylic oxidation sites excluding steroid dienone is 3. The summed E-state index contributed by atoms with van der Waals surface area (Å²) in [7, 11) is 0. The molecule has 12 heavy (non-hydrogen) atoms. The zero-order valence-corrected chi connectivity index (χ0v) is 8.60. The lowest BCUT2D eigenvalue weighted by Gasteiger charge is -2.02. The van der Waals surface area contributed by atoms with E-state index in [-0.39, 0.29) is 0 Å². The fourth-order valence-corrected chi connectivity index (χ4v) is 1.28. The molecule has 0 N–H and O–H groups in total. The first-order valence-electron chi connectivity index (χ1n) is 5.13. The highest BCUT2D eigenvalue weighted by Crippen LogP contribution is 2.12. The lowest BCUT2D eigenvalue weighted by Crippen LogP contribution is -1.82. The van der Waals surface area contributed by atoms with Crippen LogP contribution in [0.25, 0.3) is 0 Å². The van der Waals surface area contributed by atoms with Crippen LogP contribution in [-0.2, 0) is 0 Å². The van der Waals surface area contributed by atoms with E-state index < -0.39 is 0 Å². The maximum atomic E-state index is 3.72. The van der Waals surface area contributed by atoms with Crippen LogP contribution in [0, 0.1) is 0 Å². The summed E-state index contributed by atoms with van der Waals surface area (Å²) >= 11 is 0. The quantitative estimate of drug-likeness (QED) is 0.386. The smallest absolute Gasteiger partial charge is 0.0169 e.